The van der Waals surface area contributed by atoms with Crippen molar-refractivity contribution in [3.05, 3.63) is 22.7 Å². The molecule has 2 rings (SSSR count). The lowest BCUT2D eigenvalue weighted by molar-refractivity contribution is 0.329. The zero-order chi connectivity index (χ0) is 14.8. The molecule has 0 N–H and O–H groups in total. The van der Waals surface area contributed by atoms with Gasteiger partial charge in [0.15, 0.2) is 0 Å². The van der Waals surface area contributed by atoms with Crippen molar-refractivity contribution in [2.24, 2.45) is 0 Å². The number of ether oxygens (including phenoxy) is 1. The molecule has 0 aliphatic carbocycles. The molecule has 1 aliphatic rings. The molecule has 0 aromatic heterocycles. The molecule has 1 aromatic rings. The second-order valence-electron chi connectivity index (χ2n) is 4.50. The Bertz CT molecular complexity index is 584. The van der Waals surface area contributed by atoms with E-state index in [0.29, 0.717) is 30.5 Å². The molecule has 1 fully saturated rings. The summed E-state index contributed by atoms with van der Waals surface area (Å²) in [5.74, 6) is 2.03. The van der Waals surface area contributed by atoms with E-state index in [1.54, 1.807) is 17.8 Å². The van der Waals surface area contributed by atoms with E-state index in [9.17, 15) is 8.42 Å². The van der Waals surface area contributed by atoms with Crippen LogP contribution in [0.25, 0.3) is 0 Å². The molecular weight excluding hydrogens is 318 g/mol. The Kier molecular flexibility index (Phi) is 5.23. The maximum Gasteiger partial charge on any atom is 0.246 e. The smallest absolute Gasteiger partial charge is 0.246 e. The highest BCUT2D eigenvalue weighted by Crippen LogP contribution is 2.33. The van der Waals surface area contributed by atoms with Crippen molar-refractivity contribution >= 4 is 33.4 Å². The summed E-state index contributed by atoms with van der Waals surface area (Å²) in [5, 5.41) is 0.443. The van der Waals surface area contributed by atoms with Crippen LogP contribution in [0.1, 0.15) is 12.5 Å². The molecule has 0 spiro atoms. The van der Waals surface area contributed by atoms with Crippen molar-refractivity contribution in [2.45, 2.75) is 18.7 Å². The van der Waals surface area contributed by atoms with Crippen molar-refractivity contribution < 1.29 is 13.2 Å². The minimum absolute atomic E-state index is 0.168. The van der Waals surface area contributed by atoms with Crippen LogP contribution in [0, 0.1) is 6.92 Å². The molecule has 0 saturated carbocycles. The van der Waals surface area contributed by atoms with Gasteiger partial charge in [-0.3, -0.25) is 0 Å². The largest absolute Gasteiger partial charge is 0.492 e. The Labute approximate surface area is 129 Å². The number of rotatable bonds is 4. The number of nitrogens with zero attached hydrogens (tertiary/aromatic N) is 1. The number of hydrogen-bond acceptors (Lipinski definition) is 4. The summed E-state index contributed by atoms with van der Waals surface area (Å²) < 4.78 is 32.4. The lowest BCUT2D eigenvalue weighted by Gasteiger charge is -2.26. The summed E-state index contributed by atoms with van der Waals surface area (Å²) in [6.45, 7) is 5.14. The molecule has 0 amide bonds. The maximum absolute atomic E-state index is 12.7. The molecular formula is C13H18ClNO3S2. The number of thioether (sulfide) groups is 1. The summed E-state index contributed by atoms with van der Waals surface area (Å²) >= 11 is 7.85. The highest BCUT2D eigenvalue weighted by atomic mass is 35.5. The SMILES string of the molecule is CCOc1cc(C)c(Cl)cc1S(=O)(=O)N1CCSCC1. The minimum Gasteiger partial charge on any atom is -0.492 e. The van der Waals surface area contributed by atoms with Crippen LogP contribution in [0.4, 0.5) is 0 Å². The van der Waals surface area contributed by atoms with Gasteiger partial charge in [-0.25, -0.2) is 8.42 Å². The second kappa shape index (κ2) is 6.56. The highest BCUT2D eigenvalue weighted by Gasteiger charge is 2.29. The Morgan fingerprint density at radius 3 is 2.60 bits per heavy atom. The fourth-order valence-corrected chi connectivity index (χ4v) is 4.98. The van der Waals surface area contributed by atoms with Gasteiger partial charge in [0.05, 0.1) is 6.61 Å². The van der Waals surface area contributed by atoms with Gasteiger partial charge in [0.1, 0.15) is 10.6 Å². The van der Waals surface area contributed by atoms with Gasteiger partial charge in [-0.05, 0) is 31.5 Å². The van der Waals surface area contributed by atoms with Gasteiger partial charge >= 0.3 is 0 Å². The van der Waals surface area contributed by atoms with E-state index in [4.69, 9.17) is 16.3 Å². The van der Waals surface area contributed by atoms with Crippen molar-refractivity contribution in [1.29, 1.82) is 0 Å². The molecule has 7 heteroatoms. The molecule has 1 aromatic carbocycles. The van der Waals surface area contributed by atoms with Crippen molar-refractivity contribution in [3.63, 3.8) is 0 Å². The minimum atomic E-state index is -3.54. The molecule has 0 unspecified atom stereocenters. The highest BCUT2D eigenvalue weighted by molar-refractivity contribution is 7.99. The van der Waals surface area contributed by atoms with E-state index < -0.39 is 10.0 Å². The lowest BCUT2D eigenvalue weighted by atomic mass is 10.2. The molecule has 0 atom stereocenters. The Morgan fingerprint density at radius 2 is 2.00 bits per heavy atom. The van der Waals surface area contributed by atoms with E-state index >= 15 is 0 Å². The number of hydrogen-bond donors (Lipinski definition) is 0. The van der Waals surface area contributed by atoms with Gasteiger partial charge in [-0.2, -0.15) is 16.1 Å². The number of halogens is 1. The first-order valence-corrected chi connectivity index (χ1v) is 9.45. The third-order valence-electron chi connectivity index (χ3n) is 3.11. The summed E-state index contributed by atoms with van der Waals surface area (Å²) in [7, 11) is -3.54. The Hall–Kier alpha value is -0.430. The zero-order valence-electron chi connectivity index (χ0n) is 11.6. The van der Waals surface area contributed by atoms with E-state index in [-0.39, 0.29) is 4.90 Å². The van der Waals surface area contributed by atoms with Crippen molar-refractivity contribution in [2.75, 3.05) is 31.2 Å². The topological polar surface area (TPSA) is 46.6 Å². The van der Waals surface area contributed by atoms with E-state index in [0.717, 1.165) is 17.1 Å². The molecule has 1 saturated heterocycles. The maximum atomic E-state index is 12.7. The van der Waals surface area contributed by atoms with E-state index in [1.807, 2.05) is 13.8 Å². The summed E-state index contributed by atoms with van der Waals surface area (Å²) in [6.07, 6.45) is 0. The van der Waals surface area contributed by atoms with Crippen LogP contribution < -0.4 is 4.74 Å². The number of sulfonamides is 1. The van der Waals surface area contributed by atoms with Crippen molar-refractivity contribution in [1.82, 2.24) is 4.31 Å². The summed E-state index contributed by atoms with van der Waals surface area (Å²) in [4.78, 5) is 0.168. The van der Waals surface area contributed by atoms with E-state index in [2.05, 4.69) is 0 Å². The molecule has 4 nitrogen and oxygen atoms in total. The molecule has 1 heterocycles. The lowest BCUT2D eigenvalue weighted by Crippen LogP contribution is -2.38. The standard InChI is InChI=1S/C13H18ClNO3S2/c1-3-18-12-8-10(2)11(14)9-13(12)20(16,17)15-4-6-19-7-5-15/h8-9H,3-7H2,1-2H3. The van der Waals surface area contributed by atoms with E-state index in [1.165, 1.54) is 10.4 Å². The van der Waals surface area contributed by atoms with Gasteiger partial charge in [-0.15, -0.1) is 0 Å². The quantitative estimate of drug-likeness (QED) is 0.848. The molecule has 0 bridgehead atoms. The third-order valence-corrected chi connectivity index (χ3v) is 6.38. The fraction of sp³-hybridized carbons (Fsp3) is 0.538. The normalized spacial score (nSPS) is 17.1. The van der Waals surface area contributed by atoms with Crippen LogP contribution in [0.15, 0.2) is 17.0 Å². The van der Waals surface area contributed by atoms with Crippen LogP contribution in [-0.4, -0.2) is 43.9 Å². The van der Waals surface area contributed by atoms with Crippen LogP contribution in [0.2, 0.25) is 5.02 Å². The molecule has 112 valence electrons. The first-order valence-electron chi connectivity index (χ1n) is 6.47. The Morgan fingerprint density at radius 1 is 1.35 bits per heavy atom. The average Bonchev–Trinajstić information content (AvgIpc) is 2.43. The third kappa shape index (κ3) is 3.24. The van der Waals surface area contributed by atoms with Gasteiger partial charge in [0.25, 0.3) is 0 Å². The number of aryl methyl sites for hydroxylation is 1. The summed E-state index contributed by atoms with van der Waals surface area (Å²) in [6, 6.07) is 3.19. The summed E-state index contributed by atoms with van der Waals surface area (Å²) in [5.41, 5.74) is 0.809. The van der Waals surface area contributed by atoms with Gasteiger partial charge in [0.2, 0.25) is 10.0 Å². The Balaban J connectivity index is 2.46. The van der Waals surface area contributed by atoms with Crippen LogP contribution in [-0.2, 0) is 10.0 Å². The number of benzene rings is 1. The first-order chi connectivity index (χ1) is 9.46. The van der Waals surface area contributed by atoms with Gasteiger partial charge in [0, 0.05) is 29.6 Å². The zero-order valence-corrected chi connectivity index (χ0v) is 13.9. The molecule has 0 radical (unpaired) electrons. The van der Waals surface area contributed by atoms with Crippen LogP contribution >= 0.6 is 23.4 Å². The molecule has 20 heavy (non-hydrogen) atoms. The van der Waals surface area contributed by atoms with Crippen LogP contribution in [0.5, 0.6) is 5.75 Å². The predicted molar refractivity (Wildman–Crippen MR) is 83.4 cm³/mol. The average molecular weight is 336 g/mol. The molecule has 1 aliphatic heterocycles. The second-order valence-corrected chi connectivity index (χ2v) is 8.04. The van der Waals surface area contributed by atoms with Gasteiger partial charge < -0.3 is 4.74 Å². The fourth-order valence-electron chi connectivity index (χ4n) is 2.03. The first kappa shape index (κ1) is 15.9. The van der Waals surface area contributed by atoms with Crippen molar-refractivity contribution in [3.8, 4) is 5.75 Å². The van der Waals surface area contributed by atoms with Gasteiger partial charge in [-0.1, -0.05) is 11.6 Å². The van der Waals surface area contributed by atoms with Crippen LogP contribution in [0.3, 0.4) is 0 Å². The monoisotopic (exact) mass is 335 g/mol. The predicted octanol–water partition coefficient (Wildman–Crippen LogP) is 2.78.